The van der Waals surface area contributed by atoms with Crippen LogP contribution in [0.1, 0.15) is 23.6 Å². The third-order valence-corrected chi connectivity index (χ3v) is 3.86. The lowest BCUT2D eigenvalue weighted by atomic mass is 10.1. The van der Waals surface area contributed by atoms with Crippen LogP contribution in [0.4, 0.5) is 0 Å². The van der Waals surface area contributed by atoms with Gasteiger partial charge in [-0.05, 0) is 37.1 Å². The van der Waals surface area contributed by atoms with Crippen LogP contribution >= 0.6 is 24.0 Å². The Balaban J connectivity index is 0.00000338. The molecule has 2 rings (SSSR count). The number of aliphatic imine (C=N–C) groups is 1. The summed E-state index contributed by atoms with van der Waals surface area (Å²) >= 11 is 0. The Kier molecular flexibility index (Phi) is 9.87. The van der Waals surface area contributed by atoms with Crippen molar-refractivity contribution in [2.45, 2.75) is 26.9 Å². The first-order valence-electron chi connectivity index (χ1n) is 8.46. The molecule has 0 atom stereocenters. The summed E-state index contributed by atoms with van der Waals surface area (Å²) in [5, 5.41) is 6.66. The SMILES string of the molecule is CCOc1ccccc1CNC(=NC)NCc1ccc(OC)c(C)c1.I. The molecule has 2 aromatic rings. The first-order chi connectivity index (χ1) is 12.2. The Bertz CT molecular complexity index is 720. The summed E-state index contributed by atoms with van der Waals surface area (Å²) in [5.74, 6) is 2.55. The molecule has 0 spiro atoms. The summed E-state index contributed by atoms with van der Waals surface area (Å²) in [4.78, 5) is 4.28. The molecule has 0 unspecified atom stereocenters. The molecule has 0 aliphatic rings. The lowest BCUT2D eigenvalue weighted by Gasteiger charge is -2.15. The van der Waals surface area contributed by atoms with Crippen LogP contribution in [0.2, 0.25) is 0 Å². The van der Waals surface area contributed by atoms with Gasteiger partial charge >= 0.3 is 0 Å². The van der Waals surface area contributed by atoms with Gasteiger partial charge in [0.25, 0.3) is 0 Å². The molecule has 142 valence electrons. The van der Waals surface area contributed by atoms with Gasteiger partial charge in [0, 0.05) is 25.7 Å². The third kappa shape index (κ3) is 6.40. The van der Waals surface area contributed by atoms with Crippen molar-refractivity contribution in [3.63, 3.8) is 0 Å². The number of halogens is 1. The van der Waals surface area contributed by atoms with Gasteiger partial charge in [-0.3, -0.25) is 4.99 Å². The summed E-state index contributed by atoms with van der Waals surface area (Å²) in [6.45, 7) is 6.03. The first-order valence-corrected chi connectivity index (χ1v) is 8.46. The van der Waals surface area contributed by atoms with Crippen LogP contribution in [-0.2, 0) is 13.1 Å². The van der Waals surface area contributed by atoms with Crippen molar-refractivity contribution in [3.8, 4) is 11.5 Å². The van der Waals surface area contributed by atoms with Crippen molar-refractivity contribution < 1.29 is 9.47 Å². The molecule has 5 nitrogen and oxygen atoms in total. The summed E-state index contributed by atoms with van der Waals surface area (Å²) in [6, 6.07) is 14.2. The predicted octanol–water partition coefficient (Wildman–Crippen LogP) is 3.89. The van der Waals surface area contributed by atoms with Crippen molar-refractivity contribution in [1.29, 1.82) is 0 Å². The van der Waals surface area contributed by atoms with Crippen LogP contribution in [-0.4, -0.2) is 26.7 Å². The van der Waals surface area contributed by atoms with Crippen LogP contribution < -0.4 is 20.1 Å². The van der Waals surface area contributed by atoms with Gasteiger partial charge in [0.1, 0.15) is 11.5 Å². The van der Waals surface area contributed by atoms with Crippen LogP contribution in [0.25, 0.3) is 0 Å². The van der Waals surface area contributed by atoms with Crippen molar-refractivity contribution in [2.24, 2.45) is 4.99 Å². The first kappa shape index (κ1) is 22.1. The predicted molar refractivity (Wildman–Crippen MR) is 118 cm³/mol. The summed E-state index contributed by atoms with van der Waals surface area (Å²) in [6.07, 6.45) is 0. The van der Waals surface area contributed by atoms with Crippen LogP contribution in [0.15, 0.2) is 47.5 Å². The van der Waals surface area contributed by atoms with E-state index in [0.717, 1.165) is 28.6 Å². The number of methoxy groups -OCH3 is 1. The van der Waals surface area contributed by atoms with Gasteiger partial charge in [0.15, 0.2) is 5.96 Å². The van der Waals surface area contributed by atoms with Gasteiger partial charge in [-0.15, -0.1) is 24.0 Å². The van der Waals surface area contributed by atoms with Gasteiger partial charge < -0.3 is 20.1 Å². The quantitative estimate of drug-likeness (QED) is 0.367. The topological polar surface area (TPSA) is 54.9 Å². The largest absolute Gasteiger partial charge is 0.496 e. The number of nitrogens with zero attached hydrogens (tertiary/aromatic N) is 1. The van der Waals surface area contributed by atoms with E-state index in [1.807, 2.05) is 38.1 Å². The molecular formula is C20H28IN3O2. The lowest BCUT2D eigenvalue weighted by molar-refractivity contribution is 0.336. The zero-order valence-corrected chi connectivity index (χ0v) is 18.2. The minimum atomic E-state index is 0. The number of hydrogen-bond acceptors (Lipinski definition) is 3. The molecule has 6 heteroatoms. The smallest absolute Gasteiger partial charge is 0.191 e. The maximum atomic E-state index is 5.66. The highest BCUT2D eigenvalue weighted by Gasteiger charge is 2.05. The van der Waals surface area contributed by atoms with Crippen molar-refractivity contribution in [3.05, 3.63) is 59.2 Å². The number of para-hydroxylation sites is 1. The Labute approximate surface area is 173 Å². The standard InChI is InChI=1S/C20H27N3O2.HI/c1-5-25-19-9-7-6-8-17(19)14-23-20(21-3)22-13-16-10-11-18(24-4)15(2)12-16;/h6-12H,5,13-14H2,1-4H3,(H2,21,22,23);1H. The Morgan fingerprint density at radius 3 is 2.42 bits per heavy atom. The molecule has 0 radical (unpaired) electrons. The van der Waals surface area contributed by atoms with Crippen molar-refractivity contribution in [1.82, 2.24) is 10.6 Å². The minimum Gasteiger partial charge on any atom is -0.496 e. The minimum absolute atomic E-state index is 0. The van der Waals surface area contributed by atoms with Gasteiger partial charge in [-0.2, -0.15) is 0 Å². The molecule has 0 aromatic heterocycles. The maximum absolute atomic E-state index is 5.66. The number of nitrogens with one attached hydrogen (secondary N) is 2. The fraction of sp³-hybridized carbons (Fsp3) is 0.350. The molecule has 26 heavy (non-hydrogen) atoms. The number of rotatable bonds is 7. The second-order valence-corrected chi connectivity index (χ2v) is 5.62. The third-order valence-electron chi connectivity index (χ3n) is 3.86. The number of benzene rings is 2. The van der Waals surface area contributed by atoms with E-state index in [4.69, 9.17) is 9.47 Å². The fourth-order valence-electron chi connectivity index (χ4n) is 2.58. The van der Waals surface area contributed by atoms with Gasteiger partial charge in [-0.25, -0.2) is 0 Å². The van der Waals surface area contributed by atoms with E-state index in [1.165, 1.54) is 5.56 Å². The molecule has 0 bridgehead atoms. The molecule has 0 saturated heterocycles. The normalized spacial score (nSPS) is 10.7. The molecule has 2 aromatic carbocycles. The number of hydrogen-bond donors (Lipinski definition) is 2. The molecule has 0 fully saturated rings. The highest BCUT2D eigenvalue weighted by molar-refractivity contribution is 14.0. The van der Waals surface area contributed by atoms with Crippen molar-refractivity contribution in [2.75, 3.05) is 20.8 Å². The average Bonchev–Trinajstić information content (AvgIpc) is 2.63. The summed E-state index contributed by atoms with van der Waals surface area (Å²) in [5.41, 5.74) is 3.40. The summed E-state index contributed by atoms with van der Waals surface area (Å²) in [7, 11) is 3.45. The highest BCUT2D eigenvalue weighted by atomic mass is 127. The number of guanidine groups is 1. The Hall–Kier alpha value is -1.96. The molecule has 0 aliphatic carbocycles. The van der Waals surface area contributed by atoms with Crippen LogP contribution in [0.3, 0.4) is 0 Å². The molecule has 0 amide bonds. The second-order valence-electron chi connectivity index (χ2n) is 5.62. The molecule has 0 saturated carbocycles. The highest BCUT2D eigenvalue weighted by Crippen LogP contribution is 2.19. The Morgan fingerprint density at radius 1 is 1.04 bits per heavy atom. The molecule has 0 aliphatic heterocycles. The van der Waals surface area contributed by atoms with E-state index < -0.39 is 0 Å². The molecule has 2 N–H and O–H groups in total. The second kappa shape index (κ2) is 11.6. The summed E-state index contributed by atoms with van der Waals surface area (Å²) < 4.78 is 11.0. The van der Waals surface area contributed by atoms with E-state index in [9.17, 15) is 0 Å². The molecule has 0 heterocycles. The van der Waals surface area contributed by atoms with E-state index in [1.54, 1.807) is 14.2 Å². The van der Waals surface area contributed by atoms with Gasteiger partial charge in [-0.1, -0.05) is 30.3 Å². The van der Waals surface area contributed by atoms with Gasteiger partial charge in [0.05, 0.1) is 13.7 Å². The van der Waals surface area contributed by atoms with E-state index in [2.05, 4.69) is 33.8 Å². The van der Waals surface area contributed by atoms with Crippen LogP contribution in [0, 0.1) is 6.92 Å². The molecular weight excluding hydrogens is 441 g/mol. The number of aryl methyl sites for hydroxylation is 1. The van der Waals surface area contributed by atoms with Crippen molar-refractivity contribution >= 4 is 29.9 Å². The Morgan fingerprint density at radius 2 is 1.77 bits per heavy atom. The monoisotopic (exact) mass is 469 g/mol. The lowest BCUT2D eigenvalue weighted by Crippen LogP contribution is -2.36. The fourth-order valence-corrected chi connectivity index (χ4v) is 2.58. The van der Waals surface area contributed by atoms with Gasteiger partial charge in [0.2, 0.25) is 0 Å². The number of ether oxygens (including phenoxy) is 2. The van der Waals surface area contributed by atoms with E-state index >= 15 is 0 Å². The average molecular weight is 469 g/mol. The maximum Gasteiger partial charge on any atom is 0.191 e. The van der Waals surface area contributed by atoms with E-state index in [-0.39, 0.29) is 24.0 Å². The zero-order valence-electron chi connectivity index (χ0n) is 15.8. The van der Waals surface area contributed by atoms with Crippen LogP contribution in [0.5, 0.6) is 11.5 Å². The zero-order chi connectivity index (χ0) is 18.1. The van der Waals surface area contributed by atoms with E-state index in [0.29, 0.717) is 19.7 Å².